The summed E-state index contributed by atoms with van der Waals surface area (Å²) < 4.78 is 5.69. The van der Waals surface area contributed by atoms with Gasteiger partial charge in [-0.2, -0.15) is 5.10 Å². The Hall–Kier alpha value is -3.17. The zero-order valence-electron chi connectivity index (χ0n) is 14.2. The number of hydrogen-bond acceptors (Lipinski definition) is 5. The van der Waals surface area contributed by atoms with Gasteiger partial charge in [0.2, 0.25) is 0 Å². The van der Waals surface area contributed by atoms with Crippen LogP contribution in [0.5, 0.6) is 0 Å². The van der Waals surface area contributed by atoms with Crippen molar-refractivity contribution in [3.05, 3.63) is 76.0 Å². The fourth-order valence-corrected chi connectivity index (χ4v) is 3.50. The second-order valence-electron chi connectivity index (χ2n) is 5.74. The molecule has 0 radical (unpaired) electrons. The van der Waals surface area contributed by atoms with Crippen LogP contribution in [0.25, 0.3) is 10.6 Å². The van der Waals surface area contributed by atoms with Gasteiger partial charge >= 0.3 is 0 Å². The number of aromatic amines is 1. The number of aromatic nitrogens is 2. The zero-order valence-corrected chi connectivity index (χ0v) is 16.6. The molecule has 0 atom stereocenters. The third-order valence-electron chi connectivity index (χ3n) is 3.79. The Morgan fingerprint density at radius 3 is 2.68 bits per heavy atom. The molecule has 3 aromatic heterocycles. The summed E-state index contributed by atoms with van der Waals surface area (Å²) >= 11 is 4.73. The molecular weight excluding hydrogens is 444 g/mol. The fourth-order valence-electron chi connectivity index (χ4n) is 2.50. The highest BCUT2D eigenvalue weighted by atomic mass is 79.9. The van der Waals surface area contributed by atoms with Crippen LogP contribution in [-0.2, 0) is 0 Å². The topological polar surface area (TPSA) is 100 Å². The minimum absolute atomic E-state index is 0.166. The van der Waals surface area contributed by atoms with E-state index in [9.17, 15) is 9.59 Å². The van der Waals surface area contributed by atoms with Crippen LogP contribution in [0.3, 0.4) is 0 Å². The number of thiophene rings is 1. The minimum atomic E-state index is -0.406. The molecule has 0 aliphatic heterocycles. The molecular formula is C19H13BrN4O3S. The summed E-state index contributed by atoms with van der Waals surface area (Å²) in [6.45, 7) is 0. The van der Waals surface area contributed by atoms with E-state index in [1.807, 2.05) is 17.5 Å². The number of benzene rings is 1. The van der Waals surface area contributed by atoms with Gasteiger partial charge in [-0.15, -0.1) is 11.3 Å². The Labute approximate surface area is 171 Å². The first kappa shape index (κ1) is 18.2. The molecule has 9 heteroatoms. The summed E-state index contributed by atoms with van der Waals surface area (Å²) in [7, 11) is 0. The third kappa shape index (κ3) is 4.05. The molecule has 0 fully saturated rings. The highest BCUT2D eigenvalue weighted by Crippen LogP contribution is 2.24. The van der Waals surface area contributed by atoms with Gasteiger partial charge in [-0.05, 0) is 57.7 Å². The quantitative estimate of drug-likeness (QED) is 0.393. The lowest BCUT2D eigenvalue weighted by molar-refractivity contribution is 0.0992. The Kier molecular flexibility index (Phi) is 5.09. The van der Waals surface area contributed by atoms with Crippen molar-refractivity contribution in [1.82, 2.24) is 10.2 Å². The highest BCUT2D eigenvalue weighted by molar-refractivity contribution is 9.10. The molecule has 2 amide bonds. The first-order chi connectivity index (χ1) is 13.6. The number of anilines is 2. The van der Waals surface area contributed by atoms with Gasteiger partial charge in [-0.3, -0.25) is 14.7 Å². The van der Waals surface area contributed by atoms with E-state index < -0.39 is 5.91 Å². The maximum atomic E-state index is 12.5. The van der Waals surface area contributed by atoms with Gasteiger partial charge < -0.3 is 15.1 Å². The summed E-state index contributed by atoms with van der Waals surface area (Å²) in [5, 5.41) is 14.4. The Morgan fingerprint density at radius 2 is 1.93 bits per heavy atom. The van der Waals surface area contributed by atoms with Gasteiger partial charge in [0.1, 0.15) is 0 Å². The molecule has 4 aromatic rings. The van der Waals surface area contributed by atoms with Gasteiger partial charge in [-0.25, -0.2) is 0 Å². The van der Waals surface area contributed by atoms with Crippen LogP contribution < -0.4 is 10.6 Å². The maximum Gasteiger partial charge on any atom is 0.291 e. The van der Waals surface area contributed by atoms with E-state index in [4.69, 9.17) is 4.42 Å². The van der Waals surface area contributed by atoms with Gasteiger partial charge in [0, 0.05) is 17.3 Å². The van der Waals surface area contributed by atoms with Gasteiger partial charge in [-0.1, -0.05) is 12.1 Å². The van der Waals surface area contributed by atoms with Crippen LogP contribution in [-0.4, -0.2) is 22.0 Å². The average molecular weight is 457 g/mol. The molecule has 140 valence electrons. The van der Waals surface area contributed by atoms with E-state index in [-0.39, 0.29) is 11.7 Å². The second-order valence-corrected chi connectivity index (χ2v) is 7.47. The van der Waals surface area contributed by atoms with Gasteiger partial charge in [0.15, 0.2) is 16.2 Å². The number of furan rings is 1. The molecule has 0 aliphatic rings. The number of amides is 2. The molecule has 4 rings (SSSR count). The van der Waals surface area contributed by atoms with Crippen LogP contribution >= 0.6 is 27.3 Å². The van der Waals surface area contributed by atoms with Crippen molar-refractivity contribution in [1.29, 1.82) is 0 Å². The number of nitrogens with zero attached hydrogens (tertiary/aromatic N) is 1. The molecule has 0 aliphatic carbocycles. The van der Waals surface area contributed by atoms with E-state index in [1.165, 1.54) is 0 Å². The lowest BCUT2D eigenvalue weighted by atomic mass is 10.2. The molecule has 0 unspecified atom stereocenters. The maximum absolute atomic E-state index is 12.5. The summed E-state index contributed by atoms with van der Waals surface area (Å²) in [4.78, 5) is 25.7. The SMILES string of the molecule is O=C(Nc1cc(-c2cccs2)[nH]n1)c1cccc(NC(=O)c2ccc(Br)o2)c1. The van der Waals surface area contributed by atoms with E-state index in [0.29, 0.717) is 21.7 Å². The number of H-pyrrole nitrogens is 1. The number of carbonyl (C=O) groups is 2. The van der Waals surface area contributed by atoms with Crippen LogP contribution in [0.4, 0.5) is 11.5 Å². The number of hydrogen-bond donors (Lipinski definition) is 3. The minimum Gasteiger partial charge on any atom is -0.444 e. The second kappa shape index (κ2) is 7.83. The van der Waals surface area contributed by atoms with E-state index >= 15 is 0 Å². The van der Waals surface area contributed by atoms with Gasteiger partial charge in [0.25, 0.3) is 11.8 Å². The van der Waals surface area contributed by atoms with Crippen molar-refractivity contribution < 1.29 is 14.0 Å². The molecule has 3 heterocycles. The molecule has 28 heavy (non-hydrogen) atoms. The Balaban J connectivity index is 1.45. The standard InChI is InChI=1S/C19H13BrN4O3S/c20-16-7-6-14(27-16)19(26)21-12-4-1-3-11(9-12)18(25)22-17-10-13(23-24-17)15-5-2-8-28-15/h1-10H,(H,21,26)(H2,22,23,24,25). The first-order valence-electron chi connectivity index (χ1n) is 8.16. The number of carbonyl (C=O) groups excluding carboxylic acids is 2. The zero-order chi connectivity index (χ0) is 19.5. The number of nitrogens with one attached hydrogen (secondary N) is 3. The molecule has 0 saturated carbocycles. The van der Waals surface area contributed by atoms with Crippen molar-refractivity contribution in [2.45, 2.75) is 0 Å². The molecule has 0 bridgehead atoms. The molecule has 0 saturated heterocycles. The molecule has 0 spiro atoms. The van der Waals surface area contributed by atoms with E-state index in [1.54, 1.807) is 53.8 Å². The van der Waals surface area contributed by atoms with Crippen molar-refractivity contribution in [2.75, 3.05) is 10.6 Å². The van der Waals surface area contributed by atoms with Crippen molar-refractivity contribution in [3.63, 3.8) is 0 Å². The van der Waals surface area contributed by atoms with Crippen LogP contribution in [0.1, 0.15) is 20.9 Å². The average Bonchev–Trinajstić information content (AvgIpc) is 3.43. The summed E-state index contributed by atoms with van der Waals surface area (Å²) in [5.74, 6) is -0.153. The smallest absolute Gasteiger partial charge is 0.291 e. The summed E-state index contributed by atoms with van der Waals surface area (Å²) in [6.07, 6.45) is 0. The van der Waals surface area contributed by atoms with Crippen molar-refractivity contribution in [3.8, 4) is 10.6 Å². The number of halogens is 1. The van der Waals surface area contributed by atoms with E-state index in [0.717, 1.165) is 10.6 Å². The Bertz CT molecular complexity index is 1130. The van der Waals surface area contributed by atoms with Crippen LogP contribution in [0.2, 0.25) is 0 Å². The van der Waals surface area contributed by atoms with Gasteiger partial charge in [0.05, 0.1) is 10.6 Å². The Morgan fingerprint density at radius 1 is 1.04 bits per heavy atom. The monoisotopic (exact) mass is 456 g/mol. The van der Waals surface area contributed by atoms with Crippen LogP contribution in [0, 0.1) is 0 Å². The third-order valence-corrected chi connectivity index (χ3v) is 5.12. The van der Waals surface area contributed by atoms with E-state index in [2.05, 4.69) is 36.8 Å². The normalized spacial score (nSPS) is 10.6. The fraction of sp³-hybridized carbons (Fsp3) is 0. The highest BCUT2D eigenvalue weighted by Gasteiger charge is 2.13. The summed E-state index contributed by atoms with van der Waals surface area (Å²) in [5.41, 5.74) is 1.70. The predicted molar refractivity (Wildman–Crippen MR) is 111 cm³/mol. The lowest BCUT2D eigenvalue weighted by Crippen LogP contribution is -2.14. The lowest BCUT2D eigenvalue weighted by Gasteiger charge is -2.06. The first-order valence-corrected chi connectivity index (χ1v) is 9.83. The molecule has 3 N–H and O–H groups in total. The largest absolute Gasteiger partial charge is 0.444 e. The molecule has 7 nitrogen and oxygen atoms in total. The van der Waals surface area contributed by atoms with Crippen LogP contribution in [0.15, 0.2) is 69.1 Å². The predicted octanol–water partition coefficient (Wildman–Crippen LogP) is 5.00. The number of rotatable bonds is 5. The van der Waals surface area contributed by atoms with Crippen molar-refractivity contribution >= 4 is 50.6 Å². The summed E-state index contributed by atoms with van der Waals surface area (Å²) in [6, 6.07) is 15.5. The van der Waals surface area contributed by atoms with Crippen molar-refractivity contribution in [2.24, 2.45) is 0 Å². The molecule has 1 aromatic carbocycles.